The van der Waals surface area contributed by atoms with Crippen LogP contribution < -0.4 is 9.46 Å². The number of methoxy groups -OCH3 is 1. The smallest absolute Gasteiger partial charge is 0.283 e. The molecule has 186 valence electrons. The summed E-state index contributed by atoms with van der Waals surface area (Å²) in [6.45, 7) is 1.79. The molecule has 1 amide bonds. The van der Waals surface area contributed by atoms with Crippen LogP contribution in [0.1, 0.15) is 27.3 Å². The largest absolute Gasteiger partial charge is 0.497 e. The molecule has 3 aromatic carbocycles. The predicted octanol–water partition coefficient (Wildman–Crippen LogP) is 5.26. The number of amides is 1. The van der Waals surface area contributed by atoms with Crippen molar-refractivity contribution in [2.75, 3.05) is 7.11 Å². The molecule has 0 fully saturated rings. The molecule has 5 rings (SSSR count). The third kappa shape index (κ3) is 5.10. The maximum Gasteiger partial charge on any atom is 0.283 e. The molecule has 37 heavy (non-hydrogen) atoms. The molecule has 0 aliphatic heterocycles. The van der Waals surface area contributed by atoms with E-state index in [1.54, 1.807) is 32.2 Å². The third-order valence-electron chi connectivity index (χ3n) is 6.10. The molecule has 0 unspecified atom stereocenters. The van der Waals surface area contributed by atoms with Gasteiger partial charge in [-0.15, -0.1) is 0 Å². The normalized spacial score (nSPS) is 11.4. The molecule has 7 nitrogen and oxygen atoms in total. The van der Waals surface area contributed by atoms with Crippen LogP contribution >= 0.6 is 0 Å². The Balaban J connectivity index is 1.48. The lowest BCUT2D eigenvalue weighted by atomic mass is 10.0. The molecular weight excluding hydrogens is 486 g/mol. The minimum Gasteiger partial charge on any atom is -0.497 e. The van der Waals surface area contributed by atoms with Crippen molar-refractivity contribution in [1.29, 1.82) is 0 Å². The van der Waals surface area contributed by atoms with Gasteiger partial charge in [-0.2, -0.15) is 0 Å². The number of carbonyl (C=O) groups is 1. The Labute approximate surface area is 215 Å². The number of aromatic amines is 1. The number of aryl methyl sites for hydroxylation is 1. The molecule has 0 aliphatic rings. The number of carbonyl (C=O) groups excluding carboxylic acids is 1. The van der Waals surface area contributed by atoms with Crippen LogP contribution in [0.3, 0.4) is 0 Å². The number of sulfonamides is 1. The average Bonchev–Trinajstić information content (AvgIpc) is 3.26. The quantitative estimate of drug-likeness (QED) is 0.311. The molecule has 2 aromatic heterocycles. The van der Waals surface area contributed by atoms with E-state index in [1.807, 2.05) is 54.6 Å². The van der Waals surface area contributed by atoms with Gasteiger partial charge in [0.2, 0.25) is 0 Å². The zero-order valence-corrected chi connectivity index (χ0v) is 21.2. The van der Waals surface area contributed by atoms with E-state index in [0.29, 0.717) is 12.1 Å². The summed E-state index contributed by atoms with van der Waals surface area (Å²) < 4.78 is 33.0. The van der Waals surface area contributed by atoms with Crippen molar-refractivity contribution in [2.45, 2.75) is 18.2 Å². The minimum atomic E-state index is -4.03. The van der Waals surface area contributed by atoms with E-state index in [1.165, 1.54) is 18.2 Å². The fourth-order valence-electron chi connectivity index (χ4n) is 4.30. The Bertz CT molecular complexity index is 1710. The lowest BCUT2D eigenvalue weighted by Crippen LogP contribution is -2.31. The second kappa shape index (κ2) is 9.91. The molecule has 0 aliphatic carbocycles. The average molecular weight is 512 g/mol. The molecule has 2 heterocycles. The topological polar surface area (TPSA) is 101 Å². The summed E-state index contributed by atoms with van der Waals surface area (Å²) in [5.74, 6) is -0.0400. The van der Waals surface area contributed by atoms with Gasteiger partial charge in [-0.1, -0.05) is 48.5 Å². The lowest BCUT2D eigenvalue weighted by Gasteiger charge is -2.09. The molecule has 0 bridgehead atoms. The van der Waals surface area contributed by atoms with E-state index in [2.05, 4.69) is 14.7 Å². The first-order valence-electron chi connectivity index (χ1n) is 11.7. The maximum atomic E-state index is 12.9. The number of fused-ring (bicyclic) bond motifs is 1. The van der Waals surface area contributed by atoms with Crippen LogP contribution in [0.2, 0.25) is 0 Å². The van der Waals surface area contributed by atoms with E-state index in [9.17, 15) is 13.2 Å². The highest BCUT2D eigenvalue weighted by molar-refractivity contribution is 7.90. The van der Waals surface area contributed by atoms with Gasteiger partial charge in [-0.3, -0.25) is 4.79 Å². The van der Waals surface area contributed by atoms with Crippen molar-refractivity contribution in [3.05, 3.63) is 114 Å². The number of rotatable bonds is 7. The molecular formula is C29H25N3O4S. The number of hydrogen-bond donors (Lipinski definition) is 2. The van der Waals surface area contributed by atoms with Gasteiger partial charge in [0, 0.05) is 29.1 Å². The number of benzene rings is 3. The number of aromatic nitrogens is 2. The van der Waals surface area contributed by atoms with Crippen LogP contribution in [-0.2, 0) is 16.4 Å². The van der Waals surface area contributed by atoms with Gasteiger partial charge in [-0.05, 0) is 60.0 Å². The fourth-order valence-corrected chi connectivity index (χ4v) is 5.36. The number of H-pyrrole nitrogens is 1. The summed E-state index contributed by atoms with van der Waals surface area (Å²) >= 11 is 0. The van der Waals surface area contributed by atoms with Gasteiger partial charge >= 0.3 is 0 Å². The van der Waals surface area contributed by atoms with Crippen LogP contribution in [0.4, 0.5) is 0 Å². The van der Waals surface area contributed by atoms with Crippen LogP contribution in [0.25, 0.3) is 22.2 Å². The van der Waals surface area contributed by atoms with E-state index in [0.717, 1.165) is 39.0 Å². The molecule has 0 radical (unpaired) electrons. The Kier molecular flexibility index (Phi) is 6.50. The Hall–Kier alpha value is -4.43. The summed E-state index contributed by atoms with van der Waals surface area (Å²) in [5.41, 5.74) is 5.34. The Morgan fingerprint density at radius 3 is 2.49 bits per heavy atom. The summed E-state index contributed by atoms with van der Waals surface area (Å²) in [5, 5.41) is 1.01. The molecule has 5 aromatic rings. The van der Waals surface area contributed by atoms with Crippen LogP contribution in [0.5, 0.6) is 5.75 Å². The second-order valence-corrected chi connectivity index (χ2v) is 10.4. The first-order chi connectivity index (χ1) is 17.8. The van der Waals surface area contributed by atoms with E-state index >= 15 is 0 Å². The van der Waals surface area contributed by atoms with Crippen molar-refractivity contribution in [2.24, 2.45) is 0 Å². The highest BCUT2D eigenvalue weighted by atomic mass is 32.2. The second-order valence-electron chi connectivity index (χ2n) is 8.70. The molecule has 0 saturated heterocycles. The molecule has 0 atom stereocenters. The van der Waals surface area contributed by atoms with E-state index in [-0.39, 0.29) is 10.6 Å². The number of pyridine rings is 1. The van der Waals surface area contributed by atoms with Crippen LogP contribution in [0.15, 0.2) is 95.9 Å². The van der Waals surface area contributed by atoms with Gasteiger partial charge in [0.25, 0.3) is 15.9 Å². The maximum absolute atomic E-state index is 12.9. The zero-order valence-electron chi connectivity index (χ0n) is 20.4. The Morgan fingerprint density at radius 2 is 1.73 bits per heavy atom. The van der Waals surface area contributed by atoms with Crippen molar-refractivity contribution in [3.8, 4) is 17.0 Å². The minimum absolute atomic E-state index is 0.0245. The van der Waals surface area contributed by atoms with Gasteiger partial charge in [0.1, 0.15) is 11.4 Å². The molecule has 0 saturated carbocycles. The molecule has 0 spiro atoms. The van der Waals surface area contributed by atoms with Gasteiger partial charge in [0.05, 0.1) is 17.7 Å². The summed E-state index contributed by atoms with van der Waals surface area (Å²) in [6.07, 6.45) is 0.433. The highest BCUT2D eigenvalue weighted by Crippen LogP contribution is 2.33. The SMILES string of the molecule is COc1ccc2c(Cc3cccc(C(=O)NS(=O)(=O)c4cccc(C)c4)n3)c(-c3ccccc3)[nH]c2c1. The zero-order chi connectivity index (χ0) is 26.0. The van der Waals surface area contributed by atoms with Gasteiger partial charge < -0.3 is 9.72 Å². The monoisotopic (exact) mass is 511 g/mol. The third-order valence-corrected chi connectivity index (χ3v) is 7.43. The van der Waals surface area contributed by atoms with Crippen molar-refractivity contribution in [1.82, 2.24) is 14.7 Å². The first kappa shape index (κ1) is 24.3. The Morgan fingerprint density at radius 1 is 0.946 bits per heavy atom. The number of hydrogen-bond acceptors (Lipinski definition) is 5. The number of nitrogens with one attached hydrogen (secondary N) is 2. The summed E-state index contributed by atoms with van der Waals surface area (Å²) in [4.78, 5) is 20.9. The standard InChI is InChI=1S/C29H25N3O4S/c1-19-8-6-12-23(16-19)37(34,35)32-29(33)26-13-7-11-21(30-26)17-25-24-15-14-22(36-2)18-27(24)31-28(25)20-9-4-3-5-10-20/h3-16,18,31H,17H2,1-2H3,(H,32,33). The van der Waals surface area contributed by atoms with Crippen molar-refractivity contribution < 1.29 is 17.9 Å². The predicted molar refractivity (Wildman–Crippen MR) is 143 cm³/mol. The lowest BCUT2D eigenvalue weighted by molar-refractivity contribution is 0.0976. The molecule has 8 heteroatoms. The fraction of sp³-hybridized carbons (Fsp3) is 0.103. The highest BCUT2D eigenvalue weighted by Gasteiger charge is 2.21. The van der Waals surface area contributed by atoms with E-state index in [4.69, 9.17) is 4.74 Å². The van der Waals surface area contributed by atoms with Gasteiger partial charge in [0.15, 0.2) is 0 Å². The molecule has 2 N–H and O–H groups in total. The van der Waals surface area contributed by atoms with E-state index < -0.39 is 15.9 Å². The van der Waals surface area contributed by atoms with Gasteiger partial charge in [-0.25, -0.2) is 18.1 Å². The van der Waals surface area contributed by atoms with Crippen molar-refractivity contribution in [3.63, 3.8) is 0 Å². The number of nitrogens with zero attached hydrogens (tertiary/aromatic N) is 1. The number of ether oxygens (including phenoxy) is 1. The van der Waals surface area contributed by atoms with Crippen LogP contribution in [0, 0.1) is 6.92 Å². The summed E-state index contributed by atoms with van der Waals surface area (Å²) in [7, 11) is -2.40. The van der Waals surface area contributed by atoms with Crippen molar-refractivity contribution >= 4 is 26.8 Å². The summed E-state index contributed by atoms with van der Waals surface area (Å²) in [6, 6.07) is 27.2. The van der Waals surface area contributed by atoms with Crippen LogP contribution in [-0.4, -0.2) is 31.4 Å². The first-order valence-corrected chi connectivity index (χ1v) is 13.2.